The maximum absolute atomic E-state index is 8.89. The van der Waals surface area contributed by atoms with E-state index in [0.29, 0.717) is 0 Å². The van der Waals surface area contributed by atoms with Gasteiger partial charge in [0.05, 0.1) is 0 Å². The smallest absolute Gasteiger partial charge is 0.550 e. The summed E-state index contributed by atoms with van der Waals surface area (Å²) in [7, 11) is 0. The quantitative estimate of drug-likeness (QED) is 0.335. The molecule has 0 saturated carbocycles. The molecular weight excluding hydrogens is 410 g/mol. The number of hydrogen-bond acceptors (Lipinski definition) is 10. The van der Waals surface area contributed by atoms with Crippen molar-refractivity contribution in [3.63, 3.8) is 0 Å². The summed E-state index contributed by atoms with van der Waals surface area (Å²) in [6.07, 6.45) is 0. The molecule has 0 aliphatic carbocycles. The molecule has 12 heteroatoms. The van der Waals surface area contributed by atoms with E-state index < -0.39 is 29.8 Å². The molecule has 0 aromatic carbocycles. The predicted molar refractivity (Wildman–Crippen MR) is 53.4 cm³/mol. The first kappa shape index (κ1) is 43.1. The van der Waals surface area contributed by atoms with Gasteiger partial charge in [0.25, 0.3) is 0 Å². The third kappa shape index (κ3) is 415000. The molecule has 0 saturated heterocycles. The van der Waals surface area contributed by atoms with Crippen molar-refractivity contribution in [2.75, 3.05) is 0 Å². The van der Waals surface area contributed by atoms with Crippen LogP contribution in [0.15, 0.2) is 0 Å². The first-order valence-electron chi connectivity index (χ1n) is 4.54. The Kier molecular flexibility index (Phi) is 73.0. The third-order valence-electron chi connectivity index (χ3n) is 0. The second kappa shape index (κ2) is 37.3. The van der Waals surface area contributed by atoms with Crippen LogP contribution in [0, 0.1) is 0 Å². The summed E-state index contributed by atoms with van der Waals surface area (Å²) in [4.78, 5) is 44.4. The Balaban J connectivity index is -0.0000000250. The van der Waals surface area contributed by atoms with E-state index in [-0.39, 0.29) is 77.6 Å². The fourth-order valence-electron chi connectivity index (χ4n) is 0. The molecule has 0 amide bonds. The second-order valence-corrected chi connectivity index (χ2v) is 2.46. The Morgan fingerprint density at radius 2 is 0.455 bits per heavy atom. The van der Waals surface area contributed by atoms with Gasteiger partial charge in [-0.15, -0.1) is 0 Å². The first-order chi connectivity index (χ1) is 8.66. The number of hydrogen-bond donors (Lipinski definition) is 0. The zero-order valence-corrected chi connectivity index (χ0v) is 18.7. The van der Waals surface area contributed by atoms with Crippen molar-refractivity contribution in [1.29, 1.82) is 0 Å². The van der Waals surface area contributed by atoms with Crippen molar-refractivity contribution in [3.8, 4) is 0 Å². The van der Waals surface area contributed by atoms with Gasteiger partial charge < -0.3 is 49.5 Å². The third-order valence-corrected chi connectivity index (χ3v) is 0. The average Bonchev–Trinajstić information content (AvgIpc) is 1.94. The summed E-state index contributed by atoms with van der Waals surface area (Å²) in [5.74, 6) is -5.42. The van der Waals surface area contributed by atoms with Gasteiger partial charge in [0, 0.05) is 29.8 Å². The number of carboxylic acids is 5. The van der Waals surface area contributed by atoms with Gasteiger partial charge in [0.15, 0.2) is 0 Å². The van der Waals surface area contributed by atoms with Crippen LogP contribution in [0.3, 0.4) is 0 Å². The SMILES string of the molecule is CC(=O)[O-].CC(=O)[O-].CC(=O)[O-].CC(=O)[O-].CC(=O)[O-].[K+].[Zr+4]. The molecule has 0 N–H and O–H groups in total. The van der Waals surface area contributed by atoms with Gasteiger partial charge in [0.1, 0.15) is 0 Å². The summed E-state index contributed by atoms with van der Waals surface area (Å²) in [5.41, 5.74) is 0. The zero-order valence-electron chi connectivity index (χ0n) is 13.1. The van der Waals surface area contributed by atoms with Crippen LogP contribution >= 0.6 is 0 Å². The van der Waals surface area contributed by atoms with Crippen molar-refractivity contribution >= 4 is 29.8 Å². The van der Waals surface area contributed by atoms with Gasteiger partial charge in [-0.25, -0.2) is 0 Å². The fourth-order valence-corrected chi connectivity index (χ4v) is 0. The summed E-state index contributed by atoms with van der Waals surface area (Å²) >= 11 is 0. The molecule has 0 unspecified atom stereocenters. The van der Waals surface area contributed by atoms with E-state index in [0.717, 1.165) is 34.6 Å². The number of aliphatic carboxylic acids is 5. The summed E-state index contributed by atoms with van der Waals surface area (Å²) < 4.78 is 0. The summed E-state index contributed by atoms with van der Waals surface area (Å²) in [5, 5.41) is 44.4. The zero-order chi connectivity index (χ0) is 17.9. The molecule has 0 rings (SSSR count). The van der Waals surface area contributed by atoms with Gasteiger partial charge in [-0.2, -0.15) is 0 Å². The molecule has 22 heavy (non-hydrogen) atoms. The van der Waals surface area contributed by atoms with E-state index in [2.05, 4.69) is 0 Å². The molecule has 0 aliphatic heterocycles. The molecule has 0 fully saturated rings. The minimum absolute atomic E-state index is 0. The first-order valence-corrected chi connectivity index (χ1v) is 4.54. The molecule has 0 bridgehead atoms. The second-order valence-electron chi connectivity index (χ2n) is 2.46. The number of rotatable bonds is 0. The van der Waals surface area contributed by atoms with Gasteiger partial charge in [-0.05, 0) is 34.6 Å². The van der Waals surface area contributed by atoms with Gasteiger partial charge in [0.2, 0.25) is 0 Å². The standard InChI is InChI=1S/5C2H4O2.K.Zr/c5*1-2(3)4;;/h5*1H3,(H,3,4);;/q;;;;;+1;+4/p-5. The maximum atomic E-state index is 8.89. The van der Waals surface area contributed by atoms with E-state index >= 15 is 0 Å². The van der Waals surface area contributed by atoms with Crippen LogP contribution in [-0.4, -0.2) is 29.8 Å². The van der Waals surface area contributed by atoms with Crippen LogP contribution < -0.4 is 76.9 Å². The van der Waals surface area contributed by atoms with Crippen LogP contribution in [0.25, 0.3) is 0 Å². The van der Waals surface area contributed by atoms with Crippen LogP contribution in [-0.2, 0) is 50.2 Å². The molecule has 0 aromatic rings. The summed E-state index contributed by atoms with van der Waals surface area (Å²) in [6, 6.07) is 0. The minimum Gasteiger partial charge on any atom is -0.550 e. The van der Waals surface area contributed by atoms with Crippen LogP contribution in [0.2, 0.25) is 0 Å². The topological polar surface area (TPSA) is 201 Å². The molecule has 0 atom stereocenters. The number of carbonyl (C=O) groups is 5. The average molecular weight is 426 g/mol. The molecule has 10 nitrogen and oxygen atoms in total. The van der Waals surface area contributed by atoms with Crippen molar-refractivity contribution in [3.05, 3.63) is 0 Å². The van der Waals surface area contributed by atoms with E-state index in [1.54, 1.807) is 0 Å². The van der Waals surface area contributed by atoms with Gasteiger partial charge in [-0.1, -0.05) is 0 Å². The maximum Gasteiger partial charge on any atom is 4.00 e. The Morgan fingerprint density at radius 3 is 0.455 bits per heavy atom. The monoisotopic (exact) mass is 424 g/mol. The van der Waals surface area contributed by atoms with Gasteiger partial charge in [-0.3, -0.25) is 0 Å². The Hall–Kier alpha value is -0.131. The molecule has 120 valence electrons. The van der Waals surface area contributed by atoms with E-state index in [4.69, 9.17) is 49.5 Å². The molecule has 0 heterocycles. The summed E-state index contributed by atoms with van der Waals surface area (Å²) in [6.45, 7) is 4.86. The fraction of sp³-hybridized carbons (Fsp3) is 0.500. The molecule has 0 spiro atoms. The Morgan fingerprint density at radius 1 is 0.455 bits per heavy atom. The molecule has 0 aliphatic rings. The molecular formula is C10H15KO10Zr. The molecule has 0 radical (unpaired) electrons. The normalized spacial score (nSPS) is 5.68. The largest absolute Gasteiger partial charge is 4.00 e. The van der Waals surface area contributed by atoms with Crippen molar-refractivity contribution < 1.29 is 127 Å². The van der Waals surface area contributed by atoms with E-state index in [1.807, 2.05) is 0 Å². The predicted octanol–water partition coefficient (Wildman–Crippen LogP) is -9.22. The Bertz CT molecular complexity index is 216. The van der Waals surface area contributed by atoms with E-state index in [1.165, 1.54) is 0 Å². The van der Waals surface area contributed by atoms with Crippen molar-refractivity contribution in [2.24, 2.45) is 0 Å². The van der Waals surface area contributed by atoms with Crippen LogP contribution in [0.4, 0.5) is 0 Å². The van der Waals surface area contributed by atoms with Crippen molar-refractivity contribution in [2.45, 2.75) is 34.6 Å². The number of carbonyl (C=O) groups excluding carboxylic acids is 5. The van der Waals surface area contributed by atoms with Crippen molar-refractivity contribution in [1.82, 2.24) is 0 Å². The number of carboxylic acid groups (broad SMARTS) is 5. The van der Waals surface area contributed by atoms with Crippen LogP contribution in [0.5, 0.6) is 0 Å². The van der Waals surface area contributed by atoms with Crippen LogP contribution in [0.1, 0.15) is 34.6 Å². The van der Waals surface area contributed by atoms with E-state index in [9.17, 15) is 0 Å². The Labute approximate surface area is 189 Å². The molecule has 0 aromatic heterocycles. The van der Waals surface area contributed by atoms with Gasteiger partial charge >= 0.3 is 77.6 Å². The minimum atomic E-state index is -1.08.